The van der Waals surface area contributed by atoms with E-state index in [0.29, 0.717) is 11.3 Å². The molecule has 4 nitrogen and oxygen atoms in total. The molecule has 0 amide bonds. The molecule has 0 saturated carbocycles. The molecule has 4 heteroatoms. The van der Waals surface area contributed by atoms with Gasteiger partial charge in [0.2, 0.25) is 0 Å². The van der Waals surface area contributed by atoms with Crippen molar-refractivity contribution in [3.05, 3.63) is 115 Å². The van der Waals surface area contributed by atoms with Crippen molar-refractivity contribution in [1.82, 2.24) is 9.55 Å². The number of unbranched alkanes of at least 4 members (excludes halogenated alkanes) is 5. The molecule has 0 radical (unpaired) electrons. The maximum atomic E-state index is 12.1. The van der Waals surface area contributed by atoms with Crippen molar-refractivity contribution < 1.29 is 9.53 Å². The second-order valence-corrected chi connectivity index (χ2v) is 11.4. The molecule has 6 aromatic rings. The van der Waals surface area contributed by atoms with Gasteiger partial charge < -0.3 is 4.74 Å². The van der Waals surface area contributed by atoms with Gasteiger partial charge >= 0.3 is 5.97 Å². The van der Waals surface area contributed by atoms with Gasteiger partial charge in [-0.25, -0.2) is 9.78 Å². The van der Waals surface area contributed by atoms with E-state index in [9.17, 15) is 4.79 Å². The highest BCUT2D eigenvalue weighted by Crippen LogP contribution is 2.39. The number of fused-ring (bicyclic) bond motifs is 6. The first-order valence-corrected chi connectivity index (χ1v) is 15.4. The van der Waals surface area contributed by atoms with Crippen LogP contribution >= 0.6 is 0 Å². The van der Waals surface area contributed by atoms with E-state index in [0.717, 1.165) is 45.3 Å². The van der Waals surface area contributed by atoms with Crippen LogP contribution in [0.1, 0.15) is 57.9 Å². The number of benzene rings is 5. The van der Waals surface area contributed by atoms with Gasteiger partial charge in [-0.1, -0.05) is 118 Å². The standard InChI is InChI=1S/C39H38N2O2/c1-4-5-6-7-8-9-14-28-19-21-29(22-20-28)38-40-36-34-17-12-10-15-32(34)33-16-11-13-18-35(33)37(36)41(38)30-23-25-31(26-24-30)43-39(42)27(2)3/h10-13,15-26H,2,4-9,14H2,1,3H3. The van der Waals surface area contributed by atoms with Crippen molar-refractivity contribution >= 4 is 38.5 Å². The van der Waals surface area contributed by atoms with Crippen LogP contribution in [0.25, 0.3) is 49.7 Å². The number of ether oxygens (including phenoxy) is 1. The van der Waals surface area contributed by atoms with Crippen molar-refractivity contribution in [3.8, 4) is 22.8 Å². The van der Waals surface area contributed by atoms with Gasteiger partial charge in [-0.3, -0.25) is 4.57 Å². The van der Waals surface area contributed by atoms with Crippen molar-refractivity contribution in [2.24, 2.45) is 0 Å². The highest BCUT2D eigenvalue weighted by molar-refractivity contribution is 6.24. The Balaban J connectivity index is 1.46. The normalized spacial score (nSPS) is 11.4. The van der Waals surface area contributed by atoms with Crippen LogP contribution in [0.3, 0.4) is 0 Å². The van der Waals surface area contributed by atoms with Crippen LogP contribution in [0.5, 0.6) is 5.75 Å². The lowest BCUT2D eigenvalue weighted by atomic mass is 10.00. The minimum atomic E-state index is -0.431. The van der Waals surface area contributed by atoms with Gasteiger partial charge in [-0.15, -0.1) is 0 Å². The van der Waals surface area contributed by atoms with Crippen molar-refractivity contribution in [1.29, 1.82) is 0 Å². The van der Waals surface area contributed by atoms with Crippen LogP contribution in [0, 0.1) is 0 Å². The quantitative estimate of drug-likeness (QED) is 0.0515. The van der Waals surface area contributed by atoms with Crippen molar-refractivity contribution in [3.63, 3.8) is 0 Å². The average Bonchev–Trinajstić information content (AvgIpc) is 3.45. The second kappa shape index (κ2) is 12.7. The van der Waals surface area contributed by atoms with Crippen LogP contribution in [0.2, 0.25) is 0 Å². The number of aromatic nitrogens is 2. The molecule has 6 rings (SSSR count). The summed E-state index contributed by atoms with van der Waals surface area (Å²) in [6.45, 7) is 7.60. The van der Waals surface area contributed by atoms with Gasteiger partial charge in [0.05, 0.1) is 11.0 Å². The van der Waals surface area contributed by atoms with Crippen LogP contribution in [-0.4, -0.2) is 15.5 Å². The Morgan fingerprint density at radius 2 is 1.35 bits per heavy atom. The Morgan fingerprint density at radius 3 is 2.02 bits per heavy atom. The molecule has 0 aliphatic rings. The zero-order chi connectivity index (χ0) is 29.8. The molecular formula is C39H38N2O2. The Hall–Kier alpha value is -4.70. The van der Waals surface area contributed by atoms with Crippen LogP contribution in [0.15, 0.2) is 109 Å². The van der Waals surface area contributed by atoms with Crippen LogP contribution in [-0.2, 0) is 11.2 Å². The molecule has 5 aromatic carbocycles. The number of imidazole rings is 1. The molecule has 0 unspecified atom stereocenters. The van der Waals surface area contributed by atoms with E-state index < -0.39 is 5.97 Å². The molecule has 0 fully saturated rings. The summed E-state index contributed by atoms with van der Waals surface area (Å²) in [6.07, 6.45) is 8.89. The predicted octanol–water partition coefficient (Wildman–Crippen LogP) is 10.4. The zero-order valence-electron chi connectivity index (χ0n) is 25.1. The summed E-state index contributed by atoms with van der Waals surface area (Å²) in [6, 6.07) is 33.6. The maximum Gasteiger partial charge on any atom is 0.338 e. The first-order valence-electron chi connectivity index (χ1n) is 15.4. The molecule has 0 aliphatic heterocycles. The molecule has 1 aromatic heterocycles. The van der Waals surface area contributed by atoms with E-state index in [1.165, 1.54) is 54.9 Å². The van der Waals surface area contributed by atoms with E-state index in [-0.39, 0.29) is 0 Å². The molecule has 0 aliphatic carbocycles. The molecule has 0 atom stereocenters. The van der Waals surface area contributed by atoms with Crippen LogP contribution < -0.4 is 4.74 Å². The third-order valence-corrected chi connectivity index (χ3v) is 8.22. The number of esters is 1. The second-order valence-electron chi connectivity index (χ2n) is 11.4. The molecule has 0 spiro atoms. The SMILES string of the molecule is C=C(C)C(=O)Oc1ccc(-n2c(-c3ccc(CCCCCCCC)cc3)nc3c4ccccc4c4ccccc4c32)cc1. The van der Waals surface area contributed by atoms with Gasteiger partial charge in [0, 0.05) is 27.6 Å². The minimum absolute atomic E-state index is 0.366. The summed E-state index contributed by atoms with van der Waals surface area (Å²) in [5.41, 5.74) is 5.77. The summed E-state index contributed by atoms with van der Waals surface area (Å²) in [4.78, 5) is 17.5. The number of carbonyl (C=O) groups excluding carboxylic acids is 1. The summed E-state index contributed by atoms with van der Waals surface area (Å²) in [5, 5.41) is 4.66. The number of hydrogen-bond donors (Lipinski definition) is 0. The summed E-state index contributed by atoms with van der Waals surface area (Å²) in [5.74, 6) is 0.936. The lowest BCUT2D eigenvalue weighted by Crippen LogP contribution is -2.08. The predicted molar refractivity (Wildman–Crippen MR) is 179 cm³/mol. The average molecular weight is 567 g/mol. The number of hydrogen-bond acceptors (Lipinski definition) is 3. The number of nitrogens with zero attached hydrogens (tertiary/aromatic N) is 2. The smallest absolute Gasteiger partial charge is 0.338 e. The minimum Gasteiger partial charge on any atom is -0.423 e. The Bertz CT molecular complexity index is 1910. The molecule has 216 valence electrons. The van der Waals surface area contributed by atoms with Gasteiger partial charge in [0.25, 0.3) is 0 Å². The molecule has 1 heterocycles. The number of rotatable bonds is 11. The van der Waals surface area contributed by atoms with Gasteiger partial charge in [0.15, 0.2) is 0 Å². The lowest BCUT2D eigenvalue weighted by Gasteiger charge is -2.13. The first-order chi connectivity index (χ1) is 21.0. The number of aryl methyl sites for hydroxylation is 1. The largest absolute Gasteiger partial charge is 0.423 e. The molecule has 43 heavy (non-hydrogen) atoms. The Kier molecular flexibility index (Phi) is 8.37. The van der Waals surface area contributed by atoms with Gasteiger partial charge in [-0.05, 0) is 60.4 Å². The van der Waals surface area contributed by atoms with E-state index in [1.807, 2.05) is 24.3 Å². The third kappa shape index (κ3) is 5.83. The highest BCUT2D eigenvalue weighted by Gasteiger charge is 2.20. The van der Waals surface area contributed by atoms with E-state index in [2.05, 4.69) is 90.9 Å². The monoisotopic (exact) mass is 566 g/mol. The fourth-order valence-corrected chi connectivity index (χ4v) is 5.94. The first kappa shape index (κ1) is 28.4. The Labute approximate surface area is 253 Å². The Morgan fingerprint density at radius 1 is 0.744 bits per heavy atom. The number of carbonyl (C=O) groups is 1. The van der Waals surface area contributed by atoms with E-state index >= 15 is 0 Å². The zero-order valence-corrected chi connectivity index (χ0v) is 25.1. The highest BCUT2D eigenvalue weighted by atomic mass is 16.5. The summed E-state index contributed by atoms with van der Waals surface area (Å²) in [7, 11) is 0. The molecule has 0 saturated heterocycles. The van der Waals surface area contributed by atoms with Gasteiger partial charge in [0.1, 0.15) is 11.6 Å². The molecule has 0 bridgehead atoms. The molecule has 0 N–H and O–H groups in total. The molecular weight excluding hydrogens is 528 g/mol. The fourth-order valence-electron chi connectivity index (χ4n) is 5.94. The fraction of sp³-hybridized carbons (Fsp3) is 0.231. The topological polar surface area (TPSA) is 44.1 Å². The third-order valence-electron chi connectivity index (χ3n) is 8.22. The van der Waals surface area contributed by atoms with Crippen molar-refractivity contribution in [2.75, 3.05) is 0 Å². The maximum absolute atomic E-state index is 12.1. The lowest BCUT2D eigenvalue weighted by molar-refractivity contribution is -0.130. The summed E-state index contributed by atoms with van der Waals surface area (Å²) < 4.78 is 7.73. The van der Waals surface area contributed by atoms with E-state index in [1.54, 1.807) is 6.92 Å². The van der Waals surface area contributed by atoms with Crippen molar-refractivity contribution in [2.45, 2.75) is 58.8 Å². The van der Waals surface area contributed by atoms with Gasteiger partial charge in [-0.2, -0.15) is 0 Å². The van der Waals surface area contributed by atoms with E-state index in [4.69, 9.17) is 9.72 Å². The summed E-state index contributed by atoms with van der Waals surface area (Å²) >= 11 is 0. The van der Waals surface area contributed by atoms with Crippen LogP contribution in [0.4, 0.5) is 0 Å².